The van der Waals surface area contributed by atoms with Crippen LogP contribution in [0.1, 0.15) is 34.0 Å². The van der Waals surface area contributed by atoms with Crippen molar-refractivity contribution < 1.29 is 19.1 Å². The van der Waals surface area contributed by atoms with Gasteiger partial charge in [-0.2, -0.15) is 0 Å². The van der Waals surface area contributed by atoms with Gasteiger partial charge >= 0.3 is 5.97 Å². The third-order valence-electron chi connectivity index (χ3n) is 3.98. The number of esters is 1. The molecule has 0 radical (unpaired) electrons. The number of carbonyl (C=O) groups excluding carboxylic acids is 2. The third-order valence-corrected chi connectivity index (χ3v) is 4.73. The van der Waals surface area contributed by atoms with E-state index in [9.17, 15) is 9.59 Å². The van der Waals surface area contributed by atoms with Crippen LogP contribution in [-0.2, 0) is 16.0 Å². The molecule has 0 saturated carbocycles. The molecule has 0 bridgehead atoms. The molecule has 1 atom stereocenters. The lowest BCUT2D eigenvalue weighted by molar-refractivity contribution is -0.125. The second-order valence-electron chi connectivity index (χ2n) is 5.82. The van der Waals surface area contributed by atoms with Crippen LogP contribution in [0, 0.1) is 0 Å². The Morgan fingerprint density at radius 2 is 1.93 bits per heavy atom. The first kappa shape index (κ1) is 19.5. The fraction of sp³-hybridized carbons (Fsp3) is 0.200. The number of methoxy groups -OCH3 is 1. The third kappa shape index (κ3) is 4.52. The number of ether oxygens (including phenoxy) is 2. The topological polar surface area (TPSA) is 90.4 Å². The summed E-state index contributed by atoms with van der Waals surface area (Å²) >= 11 is 0.956. The van der Waals surface area contributed by atoms with Gasteiger partial charge < -0.3 is 14.8 Å². The molecule has 1 N–H and O–H groups in total. The summed E-state index contributed by atoms with van der Waals surface area (Å²) in [4.78, 5) is 25.9. The molecule has 0 unspecified atom stereocenters. The Kier molecular flexibility index (Phi) is 6.33. The lowest BCUT2D eigenvalue weighted by Gasteiger charge is -2.18. The van der Waals surface area contributed by atoms with Crippen molar-refractivity contribution in [3.05, 3.63) is 70.7 Å². The largest absolute Gasteiger partial charge is 0.497 e. The summed E-state index contributed by atoms with van der Waals surface area (Å²) in [5.41, 5.74) is 1.65. The fourth-order valence-corrected chi connectivity index (χ4v) is 3.20. The van der Waals surface area contributed by atoms with Crippen molar-refractivity contribution in [2.75, 3.05) is 12.4 Å². The van der Waals surface area contributed by atoms with Crippen molar-refractivity contribution in [3.8, 4) is 5.75 Å². The number of hydrogen-bond acceptors (Lipinski definition) is 7. The average Bonchev–Trinajstić information content (AvgIpc) is 3.21. The van der Waals surface area contributed by atoms with Crippen molar-refractivity contribution in [3.63, 3.8) is 0 Å². The second-order valence-corrected chi connectivity index (χ2v) is 6.57. The van der Waals surface area contributed by atoms with Gasteiger partial charge in [0.1, 0.15) is 5.75 Å². The Morgan fingerprint density at radius 1 is 1.14 bits per heavy atom. The van der Waals surface area contributed by atoms with E-state index in [1.54, 1.807) is 55.6 Å². The van der Waals surface area contributed by atoms with E-state index >= 15 is 0 Å². The van der Waals surface area contributed by atoms with E-state index in [0.717, 1.165) is 11.5 Å². The average molecular weight is 397 g/mol. The van der Waals surface area contributed by atoms with Gasteiger partial charge in [0.25, 0.3) is 5.91 Å². The van der Waals surface area contributed by atoms with Gasteiger partial charge in [-0.05, 0) is 30.1 Å². The van der Waals surface area contributed by atoms with Crippen LogP contribution >= 0.6 is 11.5 Å². The minimum atomic E-state index is -1.12. The van der Waals surface area contributed by atoms with Crippen molar-refractivity contribution in [1.29, 1.82) is 0 Å². The summed E-state index contributed by atoms with van der Waals surface area (Å²) in [6.07, 6.45) is -0.570. The summed E-state index contributed by atoms with van der Waals surface area (Å²) < 4.78 is 14.5. The quantitative estimate of drug-likeness (QED) is 0.612. The van der Waals surface area contributed by atoms with E-state index in [1.165, 1.54) is 0 Å². The molecule has 3 aromatic rings. The zero-order chi connectivity index (χ0) is 19.9. The molecule has 0 aliphatic heterocycles. The number of anilines is 1. The molecule has 0 saturated heterocycles. The maximum atomic E-state index is 12.9. The van der Waals surface area contributed by atoms with Crippen LogP contribution < -0.4 is 10.1 Å². The normalized spacial score (nSPS) is 11.5. The number of nitrogens with one attached hydrogen (secondary N) is 1. The molecular formula is C20H19N3O4S. The number of nitrogens with zero attached hydrogens (tertiary/aromatic N) is 2. The molecule has 1 amide bonds. The molecule has 7 nitrogen and oxygen atoms in total. The smallest absolute Gasteiger partial charge is 0.353 e. The predicted octanol–water partition coefficient (Wildman–Crippen LogP) is 3.65. The van der Waals surface area contributed by atoms with Crippen molar-refractivity contribution in [2.24, 2.45) is 0 Å². The first-order valence-electron chi connectivity index (χ1n) is 8.64. The number of aromatic nitrogens is 2. The molecule has 2 aromatic carbocycles. The Hall–Kier alpha value is -3.26. The first-order valence-corrected chi connectivity index (χ1v) is 9.41. The first-order chi connectivity index (χ1) is 13.6. The molecule has 3 rings (SSSR count). The molecule has 1 heterocycles. The molecule has 0 aliphatic rings. The monoisotopic (exact) mass is 397 g/mol. The number of benzene rings is 2. The number of amides is 1. The summed E-state index contributed by atoms with van der Waals surface area (Å²) in [5, 5.41) is 6.69. The number of carbonyl (C=O) groups is 2. The van der Waals surface area contributed by atoms with Crippen LogP contribution in [0.3, 0.4) is 0 Å². The van der Waals surface area contributed by atoms with Gasteiger partial charge in [0.15, 0.2) is 4.88 Å². The maximum absolute atomic E-state index is 12.9. The number of hydrogen-bond donors (Lipinski definition) is 1. The molecule has 8 heteroatoms. The van der Waals surface area contributed by atoms with E-state index in [-0.39, 0.29) is 0 Å². The van der Waals surface area contributed by atoms with Gasteiger partial charge in [-0.25, -0.2) is 4.79 Å². The van der Waals surface area contributed by atoms with Crippen LogP contribution in [0.4, 0.5) is 5.69 Å². The molecule has 0 aliphatic carbocycles. The van der Waals surface area contributed by atoms with Crippen LogP contribution in [0.5, 0.6) is 5.75 Å². The van der Waals surface area contributed by atoms with Crippen molar-refractivity contribution >= 4 is 29.1 Å². The second kappa shape index (κ2) is 9.09. The Morgan fingerprint density at radius 3 is 2.64 bits per heavy atom. The van der Waals surface area contributed by atoms with Crippen LogP contribution in [0.2, 0.25) is 0 Å². The van der Waals surface area contributed by atoms with Crippen LogP contribution in [0.15, 0.2) is 54.6 Å². The van der Waals surface area contributed by atoms with Gasteiger partial charge in [-0.3, -0.25) is 4.79 Å². The van der Waals surface area contributed by atoms with E-state index in [4.69, 9.17) is 9.47 Å². The highest BCUT2D eigenvalue weighted by Gasteiger charge is 2.28. The van der Waals surface area contributed by atoms with E-state index < -0.39 is 18.0 Å². The Labute approximate surface area is 166 Å². The minimum absolute atomic E-state index is 0.303. The van der Waals surface area contributed by atoms with Gasteiger partial charge in [-0.15, -0.1) is 5.10 Å². The predicted molar refractivity (Wildman–Crippen MR) is 106 cm³/mol. The number of aryl methyl sites for hydroxylation is 1. The fourth-order valence-electron chi connectivity index (χ4n) is 2.56. The molecule has 144 valence electrons. The standard InChI is InChI=1S/C20H19N3O4S/c1-3-16-18(28-23-22-16)20(25)27-17(13-8-5-4-6-9-13)19(24)21-14-10-7-11-15(12-14)26-2/h4-12,17H,3H2,1-2H3,(H,21,24)/t17-/m0/s1. The lowest BCUT2D eigenvalue weighted by Crippen LogP contribution is -2.26. The van der Waals surface area contributed by atoms with Crippen LogP contribution in [-0.4, -0.2) is 28.6 Å². The lowest BCUT2D eigenvalue weighted by atomic mass is 10.1. The van der Waals surface area contributed by atoms with Gasteiger partial charge in [0.2, 0.25) is 6.10 Å². The minimum Gasteiger partial charge on any atom is -0.497 e. The molecule has 0 fully saturated rings. The molecule has 28 heavy (non-hydrogen) atoms. The summed E-state index contributed by atoms with van der Waals surface area (Å²) in [6.45, 7) is 1.87. The zero-order valence-electron chi connectivity index (χ0n) is 15.4. The van der Waals surface area contributed by atoms with Gasteiger partial charge in [0.05, 0.1) is 12.8 Å². The summed E-state index contributed by atoms with van der Waals surface area (Å²) in [5.74, 6) is -0.487. The van der Waals surface area contributed by atoms with Crippen molar-refractivity contribution in [1.82, 2.24) is 9.59 Å². The van der Waals surface area contributed by atoms with E-state index in [2.05, 4.69) is 14.9 Å². The van der Waals surface area contributed by atoms with Crippen LogP contribution in [0.25, 0.3) is 0 Å². The summed E-state index contributed by atoms with van der Waals surface area (Å²) in [6, 6.07) is 15.8. The van der Waals surface area contributed by atoms with Gasteiger partial charge in [-0.1, -0.05) is 47.8 Å². The Bertz CT molecular complexity index is 959. The highest BCUT2D eigenvalue weighted by Crippen LogP contribution is 2.24. The van der Waals surface area contributed by atoms with E-state index in [0.29, 0.717) is 34.0 Å². The SMILES string of the molecule is CCc1nnsc1C(=O)O[C@H](C(=O)Nc1cccc(OC)c1)c1ccccc1. The van der Waals surface area contributed by atoms with Gasteiger partial charge in [0, 0.05) is 17.3 Å². The van der Waals surface area contributed by atoms with Crippen molar-refractivity contribution in [2.45, 2.75) is 19.4 Å². The number of rotatable bonds is 7. The highest BCUT2D eigenvalue weighted by molar-refractivity contribution is 7.07. The highest BCUT2D eigenvalue weighted by atomic mass is 32.1. The Balaban J connectivity index is 1.84. The van der Waals surface area contributed by atoms with E-state index in [1.807, 2.05) is 13.0 Å². The summed E-state index contributed by atoms with van der Waals surface area (Å²) in [7, 11) is 1.55. The zero-order valence-corrected chi connectivity index (χ0v) is 16.2. The molecule has 1 aromatic heterocycles. The molecular weight excluding hydrogens is 378 g/mol. The molecule has 0 spiro atoms. The maximum Gasteiger partial charge on any atom is 0.353 e.